The Morgan fingerprint density at radius 2 is 1.57 bits per heavy atom. The summed E-state index contributed by atoms with van der Waals surface area (Å²) >= 11 is 8.51. The molecule has 1 aliphatic carbocycles. The Kier molecular flexibility index (Phi) is 15.8. The number of rotatable bonds is 16. The van der Waals surface area contributed by atoms with Crippen LogP contribution in [0.5, 0.6) is 0 Å². The minimum Gasteiger partial charge on any atom is -0.380 e. The summed E-state index contributed by atoms with van der Waals surface area (Å²) in [6.07, 6.45) is 3.84. The lowest BCUT2D eigenvalue weighted by atomic mass is 9.73. The lowest BCUT2D eigenvalue weighted by Gasteiger charge is -2.39. The Bertz CT molecular complexity index is 2300. The molecule has 338 valence electrons. The van der Waals surface area contributed by atoms with Gasteiger partial charge in [-0.15, -0.1) is 11.8 Å². The number of piperazine rings is 1. The minimum absolute atomic E-state index is 0.141. The average molecular weight is 943 g/mol. The van der Waals surface area contributed by atoms with Crippen LogP contribution in [0.15, 0.2) is 117 Å². The monoisotopic (exact) mass is 941 g/mol. The molecule has 1 amide bonds. The summed E-state index contributed by atoms with van der Waals surface area (Å²) in [5.41, 5.74) is 0.142. The number of allylic oxidation sites excluding steroid dienone is 1. The van der Waals surface area contributed by atoms with Gasteiger partial charge in [0, 0.05) is 90.2 Å². The Balaban J connectivity index is 0.974. The maximum absolute atomic E-state index is 14.1. The van der Waals surface area contributed by atoms with Crippen molar-refractivity contribution < 1.29 is 31.1 Å². The summed E-state index contributed by atoms with van der Waals surface area (Å²) in [6.45, 7) is 12.5. The number of nitrogens with zero attached hydrogens (tertiary/aromatic N) is 3. The summed E-state index contributed by atoms with van der Waals surface area (Å²) in [7, 11) is -5.75. The number of carbonyl (C=O) groups is 1. The van der Waals surface area contributed by atoms with Gasteiger partial charge in [0.05, 0.1) is 18.9 Å². The molecule has 0 aromatic heterocycles. The van der Waals surface area contributed by atoms with Crippen LogP contribution in [-0.4, -0.2) is 107 Å². The number of carbonyl (C=O) groups excluding carboxylic acids is 1. The molecular weight excluding hydrogens is 887 g/mol. The number of thioether (sulfide) groups is 1. The highest BCUT2D eigenvalue weighted by molar-refractivity contribution is 7.99. The molecule has 2 N–H and O–H groups in total. The van der Waals surface area contributed by atoms with Crippen LogP contribution < -0.4 is 14.9 Å². The zero-order valence-corrected chi connectivity index (χ0v) is 38.8. The smallest absolute Gasteiger partial charge is 0.380 e. The maximum Gasteiger partial charge on any atom is 0.501 e. The van der Waals surface area contributed by atoms with Crippen LogP contribution in [0.4, 0.5) is 24.5 Å². The molecule has 0 spiro atoms. The molecule has 63 heavy (non-hydrogen) atoms. The molecule has 16 heteroatoms. The van der Waals surface area contributed by atoms with Gasteiger partial charge in [-0.3, -0.25) is 19.3 Å². The Hall–Kier alpha value is -3.70. The first-order valence-electron chi connectivity index (χ1n) is 21.3. The van der Waals surface area contributed by atoms with Crippen LogP contribution in [0.25, 0.3) is 5.57 Å². The van der Waals surface area contributed by atoms with Crippen molar-refractivity contribution in [3.05, 3.63) is 119 Å². The predicted octanol–water partition coefficient (Wildman–Crippen LogP) is 10.2. The second-order valence-electron chi connectivity index (χ2n) is 17.1. The first-order chi connectivity index (χ1) is 30.1. The number of hydrogen-bond donors (Lipinski definition) is 2. The van der Waals surface area contributed by atoms with Crippen molar-refractivity contribution in [2.24, 2.45) is 5.41 Å². The van der Waals surface area contributed by atoms with E-state index in [0.717, 1.165) is 98.7 Å². The van der Waals surface area contributed by atoms with Gasteiger partial charge in [0.25, 0.3) is 15.7 Å². The van der Waals surface area contributed by atoms with E-state index in [4.69, 9.17) is 16.3 Å². The highest BCUT2D eigenvalue weighted by atomic mass is 35.5. The van der Waals surface area contributed by atoms with E-state index in [1.54, 1.807) is 23.9 Å². The number of halogens is 4. The molecule has 0 unspecified atom stereocenters. The van der Waals surface area contributed by atoms with Gasteiger partial charge in [-0.25, -0.2) is 8.42 Å². The van der Waals surface area contributed by atoms with E-state index in [9.17, 15) is 26.4 Å². The quantitative estimate of drug-likeness (QED) is 0.0836. The largest absolute Gasteiger partial charge is 0.501 e. The number of ether oxygens (including phenoxy) is 1. The van der Waals surface area contributed by atoms with E-state index in [2.05, 4.69) is 50.7 Å². The van der Waals surface area contributed by atoms with Crippen molar-refractivity contribution in [3.63, 3.8) is 0 Å². The summed E-state index contributed by atoms with van der Waals surface area (Å²) in [5.74, 6) is 0.0329. The number of amides is 1. The standard InChI is InChI=1S/C47H55ClF3N5O4S3/c1-46(2)20-18-42(34-8-12-37(48)13-9-34)36(31-46)32-55-22-24-56(25-23-55)39-14-10-35(11-15-39)45(57)53-62-41-16-17-43(44(30-41)63(58,59)47(49,50)51)52-38(19-21-54-26-28-60-29-27-54)33-61-40-6-4-3-5-7-40/h3-17,30,38,52H,18-29,31-33H2,1-2H3,(H,53,57)/t38-/m1/s1. The van der Waals surface area contributed by atoms with Gasteiger partial charge < -0.3 is 15.0 Å². The molecule has 2 fully saturated rings. The second-order valence-corrected chi connectivity index (χ2v) is 21.4. The molecule has 3 aliphatic rings. The van der Waals surface area contributed by atoms with Gasteiger partial charge in [-0.2, -0.15) is 13.2 Å². The molecule has 0 radical (unpaired) electrons. The van der Waals surface area contributed by atoms with Crippen molar-refractivity contribution in [2.75, 3.05) is 81.5 Å². The molecule has 2 saturated heterocycles. The maximum atomic E-state index is 14.1. The SMILES string of the molecule is CC1(C)CCC(c2ccc(Cl)cc2)=C(CN2CCN(c3ccc(C(=O)NSc4ccc(N[C@H](CCN5CCOCC5)CSc5ccccc5)c(S(=O)(=O)C(F)(F)F)c4)cc3)CC2)C1. The summed E-state index contributed by atoms with van der Waals surface area (Å²) in [6, 6.07) is 28.6. The third-order valence-electron chi connectivity index (χ3n) is 11.9. The fourth-order valence-electron chi connectivity index (χ4n) is 8.31. The Morgan fingerprint density at radius 3 is 2.25 bits per heavy atom. The van der Waals surface area contributed by atoms with E-state index < -0.39 is 26.1 Å². The van der Waals surface area contributed by atoms with Crippen molar-refractivity contribution >= 4 is 68.0 Å². The normalized spacial score (nSPS) is 18.3. The van der Waals surface area contributed by atoms with Crippen molar-refractivity contribution in [1.29, 1.82) is 0 Å². The Labute approximate surface area is 383 Å². The first kappa shape index (κ1) is 47.3. The number of anilines is 2. The molecule has 2 heterocycles. The van der Waals surface area contributed by atoms with Gasteiger partial charge >= 0.3 is 5.51 Å². The van der Waals surface area contributed by atoms with Crippen molar-refractivity contribution in [3.8, 4) is 0 Å². The van der Waals surface area contributed by atoms with Gasteiger partial charge in [-0.05, 0) is 121 Å². The molecule has 9 nitrogen and oxygen atoms in total. The van der Waals surface area contributed by atoms with Crippen LogP contribution in [0.2, 0.25) is 5.02 Å². The topological polar surface area (TPSA) is 94.2 Å². The van der Waals surface area contributed by atoms with Crippen LogP contribution in [0.3, 0.4) is 0 Å². The molecular formula is C47H55ClF3N5O4S3. The van der Waals surface area contributed by atoms with Gasteiger partial charge in [0.2, 0.25) is 0 Å². The minimum atomic E-state index is -5.75. The highest BCUT2D eigenvalue weighted by Gasteiger charge is 2.48. The van der Waals surface area contributed by atoms with E-state index in [-0.39, 0.29) is 22.0 Å². The summed E-state index contributed by atoms with van der Waals surface area (Å²) < 4.78 is 76.6. The van der Waals surface area contributed by atoms with Crippen LogP contribution in [0.1, 0.15) is 55.5 Å². The summed E-state index contributed by atoms with van der Waals surface area (Å²) in [5, 5.41) is 3.89. The first-order valence-corrected chi connectivity index (χ1v) is 25.0. The van der Waals surface area contributed by atoms with Crippen LogP contribution >= 0.6 is 35.3 Å². The Morgan fingerprint density at radius 1 is 0.873 bits per heavy atom. The van der Waals surface area contributed by atoms with E-state index in [1.807, 2.05) is 54.6 Å². The van der Waals surface area contributed by atoms with E-state index >= 15 is 0 Å². The van der Waals surface area contributed by atoms with Gasteiger partial charge in [0.15, 0.2) is 0 Å². The molecule has 1 atom stereocenters. The number of benzene rings is 4. The zero-order valence-electron chi connectivity index (χ0n) is 35.6. The lowest BCUT2D eigenvalue weighted by Crippen LogP contribution is -2.47. The molecule has 7 rings (SSSR count). The summed E-state index contributed by atoms with van der Waals surface area (Å²) in [4.78, 5) is 20.6. The van der Waals surface area contributed by atoms with Crippen molar-refractivity contribution in [2.45, 2.75) is 65.8 Å². The third-order valence-corrected chi connectivity index (χ3v) is 15.6. The molecule has 0 saturated carbocycles. The number of morpholine rings is 1. The van der Waals surface area contributed by atoms with Gasteiger partial charge in [0.1, 0.15) is 4.90 Å². The number of nitrogens with one attached hydrogen (secondary N) is 2. The molecule has 4 aromatic rings. The van der Waals surface area contributed by atoms with Crippen LogP contribution in [-0.2, 0) is 14.6 Å². The third kappa shape index (κ3) is 12.8. The lowest BCUT2D eigenvalue weighted by molar-refractivity contribution is -0.0435. The van der Waals surface area contributed by atoms with Crippen LogP contribution in [0, 0.1) is 5.41 Å². The molecule has 0 bridgehead atoms. The second kappa shape index (κ2) is 21.1. The van der Waals surface area contributed by atoms with E-state index in [1.165, 1.54) is 28.8 Å². The van der Waals surface area contributed by atoms with Gasteiger partial charge in [-0.1, -0.05) is 61.4 Å². The van der Waals surface area contributed by atoms with Crippen molar-refractivity contribution in [1.82, 2.24) is 14.5 Å². The highest BCUT2D eigenvalue weighted by Crippen LogP contribution is 2.43. The fourth-order valence-corrected chi connectivity index (χ4v) is 11.1. The predicted molar refractivity (Wildman–Crippen MR) is 251 cm³/mol. The number of hydrogen-bond acceptors (Lipinski definition) is 10. The molecule has 4 aromatic carbocycles. The molecule has 2 aliphatic heterocycles. The fraction of sp³-hybridized carbons (Fsp3) is 0.426. The number of sulfone groups is 1. The number of alkyl halides is 3. The van der Waals surface area contributed by atoms with E-state index in [0.29, 0.717) is 37.5 Å². The zero-order chi connectivity index (χ0) is 44.6. The average Bonchev–Trinajstić information content (AvgIpc) is 3.27.